The standard InChI is InChI=1S/C5H5N.C5H12.C2H6/c1-2-4-6-5-3-1;1-5(2,3)4;1-2/h1-5H;1-4H3;1-2H3. The van der Waals surface area contributed by atoms with Crippen LogP contribution in [0.1, 0.15) is 41.5 Å². The van der Waals surface area contributed by atoms with Crippen LogP contribution in [-0.4, -0.2) is 4.98 Å². The Morgan fingerprint density at radius 2 is 1.08 bits per heavy atom. The van der Waals surface area contributed by atoms with Crippen LogP contribution in [0.4, 0.5) is 0 Å². The quantitative estimate of drug-likeness (QED) is 0.585. The molecule has 0 atom stereocenters. The van der Waals surface area contributed by atoms with Crippen molar-refractivity contribution in [3.8, 4) is 0 Å². The van der Waals surface area contributed by atoms with E-state index in [0.29, 0.717) is 5.41 Å². The van der Waals surface area contributed by atoms with Crippen molar-refractivity contribution in [2.75, 3.05) is 0 Å². The van der Waals surface area contributed by atoms with Gasteiger partial charge in [0.1, 0.15) is 0 Å². The molecule has 1 aromatic rings. The third kappa shape index (κ3) is 35.2. The van der Waals surface area contributed by atoms with Crippen molar-refractivity contribution in [1.82, 2.24) is 4.98 Å². The molecule has 0 bridgehead atoms. The fourth-order valence-corrected chi connectivity index (χ4v) is 0.313. The van der Waals surface area contributed by atoms with Gasteiger partial charge < -0.3 is 0 Å². The van der Waals surface area contributed by atoms with Gasteiger partial charge in [0.2, 0.25) is 0 Å². The van der Waals surface area contributed by atoms with Crippen LogP contribution in [0.2, 0.25) is 0 Å². The largest absolute Gasteiger partial charge is 0.265 e. The third-order valence-corrected chi connectivity index (χ3v) is 0.566. The van der Waals surface area contributed by atoms with Crippen LogP contribution in [0.15, 0.2) is 30.6 Å². The zero-order valence-corrected chi connectivity index (χ0v) is 9.83. The number of rotatable bonds is 0. The molecule has 0 aliphatic heterocycles. The highest BCUT2D eigenvalue weighted by Crippen LogP contribution is 2.07. The normalized spacial score (nSPS) is 8.77. The Morgan fingerprint density at radius 1 is 0.769 bits per heavy atom. The summed E-state index contributed by atoms with van der Waals surface area (Å²) in [5.74, 6) is 0. The number of nitrogens with zero attached hydrogens (tertiary/aromatic N) is 1. The van der Waals surface area contributed by atoms with E-state index >= 15 is 0 Å². The lowest BCUT2D eigenvalue weighted by Crippen LogP contribution is -1.93. The molecule has 0 radical (unpaired) electrons. The minimum absolute atomic E-state index is 0.500. The second kappa shape index (κ2) is 9.24. The molecule has 0 aromatic carbocycles. The van der Waals surface area contributed by atoms with E-state index in [1.807, 2.05) is 32.0 Å². The third-order valence-electron chi connectivity index (χ3n) is 0.566. The summed E-state index contributed by atoms with van der Waals surface area (Å²) in [5.41, 5.74) is 0.500. The maximum Gasteiger partial charge on any atom is 0.0267 e. The first-order chi connectivity index (χ1) is 6.00. The van der Waals surface area contributed by atoms with Gasteiger partial charge in [0.15, 0.2) is 0 Å². The number of hydrogen-bond donors (Lipinski definition) is 0. The summed E-state index contributed by atoms with van der Waals surface area (Å²) in [4.78, 5) is 3.78. The predicted molar refractivity (Wildman–Crippen MR) is 60.7 cm³/mol. The van der Waals surface area contributed by atoms with E-state index in [2.05, 4.69) is 32.7 Å². The van der Waals surface area contributed by atoms with Gasteiger partial charge in [0.05, 0.1) is 0 Å². The fourth-order valence-electron chi connectivity index (χ4n) is 0.313. The zero-order valence-electron chi connectivity index (χ0n) is 9.83. The van der Waals surface area contributed by atoms with Crippen molar-refractivity contribution in [2.45, 2.75) is 41.5 Å². The fraction of sp³-hybridized carbons (Fsp3) is 0.583. The number of aromatic nitrogens is 1. The Morgan fingerprint density at radius 3 is 1.15 bits per heavy atom. The van der Waals surface area contributed by atoms with Crippen molar-refractivity contribution < 1.29 is 0 Å². The molecule has 13 heavy (non-hydrogen) atoms. The predicted octanol–water partition coefficient (Wildman–Crippen LogP) is 4.16. The minimum atomic E-state index is 0.500. The number of pyridine rings is 1. The molecule has 0 unspecified atom stereocenters. The van der Waals surface area contributed by atoms with Gasteiger partial charge in [-0.3, -0.25) is 4.98 Å². The Bertz CT molecular complexity index is 130. The monoisotopic (exact) mass is 181 g/mol. The van der Waals surface area contributed by atoms with E-state index < -0.39 is 0 Å². The van der Waals surface area contributed by atoms with Crippen molar-refractivity contribution in [3.63, 3.8) is 0 Å². The summed E-state index contributed by atoms with van der Waals surface area (Å²) in [6.07, 6.45) is 3.50. The van der Waals surface area contributed by atoms with Crippen molar-refractivity contribution >= 4 is 0 Å². The molecule has 1 nitrogen and oxygen atoms in total. The molecule has 0 spiro atoms. The molecule has 0 aliphatic rings. The van der Waals surface area contributed by atoms with E-state index in [9.17, 15) is 0 Å². The van der Waals surface area contributed by atoms with E-state index in [4.69, 9.17) is 0 Å². The highest BCUT2D eigenvalue weighted by atomic mass is 14.6. The van der Waals surface area contributed by atoms with Crippen molar-refractivity contribution in [2.24, 2.45) is 5.41 Å². The molecular formula is C12H23N. The first kappa shape index (κ1) is 14.7. The van der Waals surface area contributed by atoms with Gasteiger partial charge in [-0.1, -0.05) is 47.6 Å². The molecule has 0 amide bonds. The molecular weight excluding hydrogens is 158 g/mol. The van der Waals surface area contributed by atoms with Crippen molar-refractivity contribution in [3.05, 3.63) is 30.6 Å². The van der Waals surface area contributed by atoms with Gasteiger partial charge in [-0.15, -0.1) is 0 Å². The maximum atomic E-state index is 3.78. The average molecular weight is 181 g/mol. The summed E-state index contributed by atoms with van der Waals surface area (Å²) >= 11 is 0. The molecule has 0 N–H and O–H groups in total. The van der Waals surface area contributed by atoms with E-state index in [1.165, 1.54) is 0 Å². The maximum absolute atomic E-state index is 3.78. The molecule has 1 heteroatoms. The average Bonchev–Trinajstić information content (AvgIpc) is 2.08. The van der Waals surface area contributed by atoms with Gasteiger partial charge >= 0.3 is 0 Å². The Kier molecular flexibility index (Phi) is 10.4. The molecule has 1 aromatic heterocycles. The van der Waals surface area contributed by atoms with Crippen LogP contribution in [0.5, 0.6) is 0 Å². The highest BCUT2D eigenvalue weighted by molar-refractivity contribution is 4.88. The summed E-state index contributed by atoms with van der Waals surface area (Å²) < 4.78 is 0. The van der Waals surface area contributed by atoms with Gasteiger partial charge in [-0.25, -0.2) is 0 Å². The number of hydrogen-bond acceptors (Lipinski definition) is 1. The summed E-state index contributed by atoms with van der Waals surface area (Å²) in [5, 5.41) is 0. The molecule has 0 saturated carbocycles. The Labute approximate surface area is 83.2 Å². The molecule has 0 aliphatic carbocycles. The Balaban J connectivity index is 0. The first-order valence-corrected chi connectivity index (χ1v) is 4.85. The zero-order chi connectivity index (χ0) is 10.7. The topological polar surface area (TPSA) is 12.9 Å². The second-order valence-corrected chi connectivity index (χ2v) is 4.02. The van der Waals surface area contributed by atoms with Crippen LogP contribution >= 0.6 is 0 Å². The van der Waals surface area contributed by atoms with E-state index in [0.717, 1.165) is 0 Å². The van der Waals surface area contributed by atoms with Crippen LogP contribution < -0.4 is 0 Å². The molecule has 1 rings (SSSR count). The summed E-state index contributed by atoms with van der Waals surface area (Å²) in [6, 6.07) is 5.72. The molecule has 1 heterocycles. The van der Waals surface area contributed by atoms with Crippen molar-refractivity contribution in [1.29, 1.82) is 0 Å². The van der Waals surface area contributed by atoms with Gasteiger partial charge in [0, 0.05) is 12.4 Å². The van der Waals surface area contributed by atoms with Crippen LogP contribution in [0, 0.1) is 5.41 Å². The van der Waals surface area contributed by atoms with Gasteiger partial charge in [-0.2, -0.15) is 0 Å². The molecule has 0 fully saturated rings. The Hall–Kier alpha value is -0.850. The smallest absolute Gasteiger partial charge is 0.0267 e. The molecule has 76 valence electrons. The van der Waals surface area contributed by atoms with Gasteiger partial charge in [0.25, 0.3) is 0 Å². The van der Waals surface area contributed by atoms with Crippen LogP contribution in [0.3, 0.4) is 0 Å². The van der Waals surface area contributed by atoms with E-state index in [1.54, 1.807) is 12.4 Å². The second-order valence-electron chi connectivity index (χ2n) is 4.02. The lowest BCUT2D eigenvalue weighted by Gasteiger charge is -2.05. The lowest BCUT2D eigenvalue weighted by molar-refractivity contribution is 0.469. The SMILES string of the molecule is CC.CC(C)(C)C.c1ccncc1. The van der Waals surface area contributed by atoms with Crippen LogP contribution in [-0.2, 0) is 0 Å². The lowest BCUT2D eigenvalue weighted by atomic mass is 10.0. The highest BCUT2D eigenvalue weighted by Gasteiger charge is 1.95. The van der Waals surface area contributed by atoms with E-state index in [-0.39, 0.29) is 0 Å². The minimum Gasteiger partial charge on any atom is -0.265 e. The summed E-state index contributed by atoms with van der Waals surface area (Å²) in [6.45, 7) is 12.8. The summed E-state index contributed by atoms with van der Waals surface area (Å²) in [7, 11) is 0. The molecule has 0 saturated heterocycles. The van der Waals surface area contributed by atoms with Crippen LogP contribution in [0.25, 0.3) is 0 Å². The van der Waals surface area contributed by atoms with Gasteiger partial charge in [-0.05, 0) is 17.5 Å². The first-order valence-electron chi connectivity index (χ1n) is 4.85.